The molecule has 0 aromatic rings. The largest absolute Gasteiger partial charge is 0.353 e. The highest BCUT2D eigenvalue weighted by molar-refractivity contribution is 5.78. The van der Waals surface area contributed by atoms with Crippen molar-refractivity contribution in [2.45, 2.75) is 45.6 Å². The summed E-state index contributed by atoms with van der Waals surface area (Å²) in [5.41, 5.74) is 0. The van der Waals surface area contributed by atoms with Crippen LogP contribution < -0.4 is 5.32 Å². The Labute approximate surface area is 104 Å². The normalized spacial score (nSPS) is 19.6. The minimum absolute atomic E-state index is 0.112. The molecule has 0 bridgehead atoms. The molecule has 0 saturated carbocycles. The Morgan fingerprint density at radius 2 is 2.18 bits per heavy atom. The van der Waals surface area contributed by atoms with Gasteiger partial charge >= 0.3 is 0 Å². The maximum Gasteiger partial charge on any atom is 0.234 e. The van der Waals surface area contributed by atoms with Gasteiger partial charge in [-0.15, -0.1) is 0 Å². The molecule has 4 heteroatoms. The van der Waals surface area contributed by atoms with E-state index in [9.17, 15) is 4.79 Å². The van der Waals surface area contributed by atoms with Crippen molar-refractivity contribution in [3.8, 4) is 6.07 Å². The molecule has 4 nitrogen and oxygen atoms in total. The summed E-state index contributed by atoms with van der Waals surface area (Å²) in [4.78, 5) is 13.9. The topological polar surface area (TPSA) is 56.1 Å². The van der Waals surface area contributed by atoms with Crippen molar-refractivity contribution in [2.75, 3.05) is 19.6 Å². The molecular weight excluding hydrogens is 214 g/mol. The van der Waals surface area contributed by atoms with Crippen LogP contribution in [0.25, 0.3) is 0 Å². The summed E-state index contributed by atoms with van der Waals surface area (Å²) >= 11 is 0. The zero-order valence-electron chi connectivity index (χ0n) is 10.9. The van der Waals surface area contributed by atoms with Crippen LogP contribution in [-0.2, 0) is 4.79 Å². The van der Waals surface area contributed by atoms with Crippen LogP contribution >= 0.6 is 0 Å². The smallest absolute Gasteiger partial charge is 0.234 e. The summed E-state index contributed by atoms with van der Waals surface area (Å²) in [6.07, 6.45) is 3.92. The number of carbonyl (C=O) groups excluding carboxylic acids is 1. The van der Waals surface area contributed by atoms with E-state index in [1.54, 1.807) is 0 Å². The van der Waals surface area contributed by atoms with Crippen LogP contribution in [0, 0.1) is 17.2 Å². The fraction of sp³-hybridized carbons (Fsp3) is 0.846. The molecule has 0 aliphatic carbocycles. The van der Waals surface area contributed by atoms with E-state index in [0.717, 1.165) is 38.8 Å². The van der Waals surface area contributed by atoms with E-state index in [2.05, 4.69) is 23.2 Å². The van der Waals surface area contributed by atoms with Gasteiger partial charge in [0.1, 0.15) is 0 Å². The van der Waals surface area contributed by atoms with Gasteiger partial charge in [-0.2, -0.15) is 5.26 Å². The number of carbonyl (C=O) groups is 1. The molecule has 1 fully saturated rings. The number of nitrogens with zero attached hydrogens (tertiary/aromatic N) is 2. The second-order valence-electron chi connectivity index (χ2n) is 4.94. The average Bonchev–Trinajstić information content (AvgIpc) is 2.30. The van der Waals surface area contributed by atoms with Gasteiger partial charge < -0.3 is 5.32 Å². The zero-order chi connectivity index (χ0) is 12.7. The van der Waals surface area contributed by atoms with Crippen LogP contribution in [0.15, 0.2) is 0 Å². The van der Waals surface area contributed by atoms with Crippen LogP contribution in [0.3, 0.4) is 0 Å². The monoisotopic (exact) mass is 237 g/mol. The van der Waals surface area contributed by atoms with Gasteiger partial charge in [0.25, 0.3) is 0 Å². The van der Waals surface area contributed by atoms with E-state index in [0.29, 0.717) is 6.54 Å². The third-order valence-corrected chi connectivity index (χ3v) is 3.27. The van der Waals surface area contributed by atoms with Crippen molar-refractivity contribution < 1.29 is 4.79 Å². The Hall–Kier alpha value is -1.08. The van der Waals surface area contributed by atoms with E-state index in [-0.39, 0.29) is 17.9 Å². The van der Waals surface area contributed by atoms with E-state index >= 15 is 0 Å². The van der Waals surface area contributed by atoms with Crippen LogP contribution in [0.4, 0.5) is 0 Å². The number of hydrogen-bond donors (Lipinski definition) is 1. The molecule has 1 unspecified atom stereocenters. The Morgan fingerprint density at radius 1 is 1.53 bits per heavy atom. The van der Waals surface area contributed by atoms with Gasteiger partial charge in [-0.25, -0.2) is 0 Å². The van der Waals surface area contributed by atoms with Gasteiger partial charge in [-0.05, 0) is 39.3 Å². The molecule has 0 aromatic heterocycles. The summed E-state index contributed by atoms with van der Waals surface area (Å²) in [6, 6.07) is 2.57. The van der Waals surface area contributed by atoms with Crippen molar-refractivity contribution in [3.63, 3.8) is 0 Å². The Balaban J connectivity index is 2.21. The maximum absolute atomic E-state index is 11.7. The first-order valence-electron chi connectivity index (χ1n) is 6.57. The fourth-order valence-corrected chi connectivity index (χ4v) is 2.25. The van der Waals surface area contributed by atoms with Crippen LogP contribution in [0.1, 0.15) is 39.5 Å². The second-order valence-corrected chi connectivity index (χ2v) is 4.94. The maximum atomic E-state index is 11.7. The van der Waals surface area contributed by atoms with Crippen LogP contribution in [0.5, 0.6) is 0 Å². The molecule has 0 radical (unpaired) electrons. The van der Waals surface area contributed by atoms with Crippen molar-refractivity contribution >= 4 is 5.91 Å². The number of hydrogen-bond acceptors (Lipinski definition) is 3. The molecule has 0 aromatic carbocycles. The molecule has 1 aliphatic rings. The van der Waals surface area contributed by atoms with Gasteiger partial charge in [-0.1, -0.05) is 13.3 Å². The van der Waals surface area contributed by atoms with Crippen molar-refractivity contribution in [2.24, 2.45) is 5.92 Å². The summed E-state index contributed by atoms with van der Waals surface area (Å²) in [7, 11) is 0. The van der Waals surface area contributed by atoms with Crippen molar-refractivity contribution in [1.29, 1.82) is 5.26 Å². The number of piperidine rings is 1. The van der Waals surface area contributed by atoms with Crippen LogP contribution in [-0.4, -0.2) is 36.5 Å². The first-order chi connectivity index (χ1) is 8.15. The molecule has 1 N–H and O–H groups in total. The number of nitriles is 1. The first-order valence-corrected chi connectivity index (χ1v) is 6.57. The second kappa shape index (κ2) is 7.29. The van der Waals surface area contributed by atoms with Gasteiger partial charge in [0, 0.05) is 12.0 Å². The Morgan fingerprint density at radius 3 is 2.71 bits per heavy atom. The minimum Gasteiger partial charge on any atom is -0.353 e. The Bertz CT molecular complexity index is 277. The van der Waals surface area contributed by atoms with E-state index in [1.807, 2.05) is 6.92 Å². The van der Waals surface area contributed by atoms with Gasteiger partial charge in [0.05, 0.1) is 12.6 Å². The summed E-state index contributed by atoms with van der Waals surface area (Å²) < 4.78 is 0. The lowest BCUT2D eigenvalue weighted by Crippen LogP contribution is -2.43. The molecule has 1 atom stereocenters. The predicted octanol–water partition coefficient (Wildman–Crippen LogP) is 1.53. The number of likely N-dealkylation sites (tertiary alicyclic amines) is 1. The lowest BCUT2D eigenvalue weighted by molar-refractivity contribution is -0.123. The number of amides is 1. The summed E-state index contributed by atoms with van der Waals surface area (Å²) in [5, 5.41) is 11.8. The van der Waals surface area contributed by atoms with E-state index in [1.165, 1.54) is 0 Å². The molecule has 1 aliphatic heterocycles. The summed E-state index contributed by atoms with van der Waals surface area (Å²) in [6.45, 7) is 6.38. The van der Waals surface area contributed by atoms with Crippen molar-refractivity contribution in [1.82, 2.24) is 10.2 Å². The molecule has 1 saturated heterocycles. The number of nitrogens with one attached hydrogen (secondary N) is 1. The predicted molar refractivity (Wildman–Crippen MR) is 67.3 cm³/mol. The fourth-order valence-electron chi connectivity index (χ4n) is 2.25. The third kappa shape index (κ3) is 5.18. The lowest BCUT2D eigenvalue weighted by atomic mass is 9.99. The lowest BCUT2D eigenvalue weighted by Gasteiger charge is -2.28. The molecule has 96 valence electrons. The highest BCUT2D eigenvalue weighted by Gasteiger charge is 2.20. The average molecular weight is 237 g/mol. The van der Waals surface area contributed by atoms with Crippen molar-refractivity contribution in [3.05, 3.63) is 0 Å². The minimum atomic E-state index is 0.112. The number of rotatable bonds is 5. The summed E-state index contributed by atoms with van der Waals surface area (Å²) in [5.74, 6) is 0.301. The zero-order valence-corrected chi connectivity index (χ0v) is 10.9. The van der Waals surface area contributed by atoms with Gasteiger partial charge in [0.2, 0.25) is 5.91 Å². The molecular formula is C13H23N3O. The van der Waals surface area contributed by atoms with Gasteiger partial charge in [-0.3, -0.25) is 9.69 Å². The quantitative estimate of drug-likeness (QED) is 0.789. The molecule has 1 amide bonds. The third-order valence-electron chi connectivity index (χ3n) is 3.27. The highest BCUT2D eigenvalue weighted by Crippen LogP contribution is 2.15. The first kappa shape index (κ1) is 14.0. The molecule has 1 heterocycles. The van der Waals surface area contributed by atoms with Crippen LogP contribution in [0.2, 0.25) is 0 Å². The van der Waals surface area contributed by atoms with E-state index in [4.69, 9.17) is 5.26 Å². The van der Waals surface area contributed by atoms with E-state index < -0.39 is 0 Å². The highest BCUT2D eigenvalue weighted by atomic mass is 16.2. The Kier molecular flexibility index (Phi) is 5.99. The SMILES string of the molecule is CCCC(C)NC(=O)CN1CCC(C#N)CC1. The van der Waals surface area contributed by atoms with Gasteiger partial charge in [0.15, 0.2) is 0 Å². The standard InChI is InChI=1S/C13H23N3O/c1-3-4-11(2)15-13(17)10-16-7-5-12(9-14)6-8-16/h11-12H,3-8,10H2,1-2H3,(H,15,17). The molecule has 17 heavy (non-hydrogen) atoms. The molecule has 0 spiro atoms. The molecule has 1 rings (SSSR count).